The summed E-state index contributed by atoms with van der Waals surface area (Å²) >= 11 is 0. The highest BCUT2D eigenvalue weighted by Gasteiger charge is 2.30. The van der Waals surface area contributed by atoms with E-state index in [0.717, 1.165) is 28.4 Å². The SMILES string of the molecule is Cc1oc(C(=O)N2CCCc3c(N)cccc32)cc1S(=O)(=O)N(C)C. The number of nitrogen functional groups attached to an aromatic ring is 1. The molecule has 0 saturated heterocycles. The molecule has 1 aliphatic rings. The molecule has 25 heavy (non-hydrogen) atoms. The molecule has 1 aliphatic heterocycles. The molecule has 7 nitrogen and oxygen atoms in total. The first-order chi connectivity index (χ1) is 11.7. The number of furan rings is 1. The van der Waals surface area contributed by atoms with Crippen molar-refractivity contribution in [1.82, 2.24) is 4.31 Å². The topological polar surface area (TPSA) is 96.8 Å². The highest BCUT2D eigenvalue weighted by Crippen LogP contribution is 2.33. The van der Waals surface area contributed by atoms with Gasteiger partial charge < -0.3 is 15.1 Å². The molecular formula is C17H21N3O4S. The van der Waals surface area contributed by atoms with Crippen molar-refractivity contribution in [2.75, 3.05) is 31.3 Å². The van der Waals surface area contributed by atoms with Crippen LogP contribution in [0.15, 0.2) is 33.6 Å². The average molecular weight is 363 g/mol. The smallest absolute Gasteiger partial charge is 0.294 e. The first-order valence-corrected chi connectivity index (χ1v) is 9.39. The second-order valence-electron chi connectivity index (χ2n) is 6.22. The van der Waals surface area contributed by atoms with Crippen LogP contribution in [0.25, 0.3) is 0 Å². The summed E-state index contributed by atoms with van der Waals surface area (Å²) in [6.45, 7) is 2.07. The normalized spacial score (nSPS) is 14.6. The zero-order valence-electron chi connectivity index (χ0n) is 14.4. The van der Waals surface area contributed by atoms with Crippen LogP contribution in [0.3, 0.4) is 0 Å². The second-order valence-corrected chi connectivity index (χ2v) is 8.34. The lowest BCUT2D eigenvalue weighted by Gasteiger charge is -2.29. The molecule has 1 aromatic heterocycles. The Bertz CT molecular complexity index is 931. The third-order valence-corrected chi connectivity index (χ3v) is 6.30. The summed E-state index contributed by atoms with van der Waals surface area (Å²) in [7, 11) is -0.795. The number of nitrogens with two attached hydrogens (primary N) is 1. The summed E-state index contributed by atoms with van der Waals surface area (Å²) < 4.78 is 31.2. The fraction of sp³-hybridized carbons (Fsp3) is 0.353. The van der Waals surface area contributed by atoms with Gasteiger partial charge in [0.05, 0.1) is 0 Å². The molecule has 2 heterocycles. The van der Waals surface area contributed by atoms with Gasteiger partial charge in [0, 0.05) is 38.1 Å². The van der Waals surface area contributed by atoms with Crippen LogP contribution in [0.2, 0.25) is 0 Å². The third-order valence-electron chi connectivity index (χ3n) is 4.37. The van der Waals surface area contributed by atoms with Gasteiger partial charge in [-0.25, -0.2) is 12.7 Å². The molecule has 2 aromatic rings. The van der Waals surface area contributed by atoms with Gasteiger partial charge >= 0.3 is 0 Å². The molecule has 1 aromatic carbocycles. The number of rotatable bonds is 3. The predicted molar refractivity (Wildman–Crippen MR) is 95.2 cm³/mol. The molecule has 0 aliphatic carbocycles. The Morgan fingerprint density at radius 3 is 2.72 bits per heavy atom. The molecule has 0 bridgehead atoms. The van der Waals surface area contributed by atoms with Crippen LogP contribution in [-0.2, 0) is 16.4 Å². The highest BCUT2D eigenvalue weighted by molar-refractivity contribution is 7.89. The van der Waals surface area contributed by atoms with Crippen LogP contribution in [0.1, 0.15) is 28.3 Å². The summed E-state index contributed by atoms with van der Waals surface area (Å²) in [6.07, 6.45) is 1.60. The van der Waals surface area contributed by atoms with E-state index in [1.165, 1.54) is 27.1 Å². The molecular weight excluding hydrogens is 342 g/mol. The molecule has 3 rings (SSSR count). The van der Waals surface area contributed by atoms with E-state index in [9.17, 15) is 13.2 Å². The molecule has 0 spiro atoms. The quantitative estimate of drug-likeness (QED) is 0.842. The lowest BCUT2D eigenvalue weighted by atomic mass is 9.99. The van der Waals surface area contributed by atoms with Gasteiger partial charge in [-0.3, -0.25) is 4.79 Å². The van der Waals surface area contributed by atoms with E-state index in [1.807, 2.05) is 12.1 Å². The minimum absolute atomic E-state index is 0.00524. The number of sulfonamides is 1. The summed E-state index contributed by atoms with van der Waals surface area (Å²) in [5.74, 6) is -0.162. The van der Waals surface area contributed by atoms with Crippen LogP contribution in [0, 0.1) is 6.92 Å². The molecule has 1 amide bonds. The van der Waals surface area contributed by atoms with Crippen LogP contribution in [0.4, 0.5) is 11.4 Å². The van der Waals surface area contributed by atoms with E-state index in [0.29, 0.717) is 12.2 Å². The predicted octanol–water partition coefficient (Wildman–Crippen LogP) is 2.01. The fourth-order valence-electron chi connectivity index (χ4n) is 3.02. The molecule has 0 atom stereocenters. The number of amides is 1. The van der Waals surface area contributed by atoms with Gasteiger partial charge in [-0.1, -0.05) is 6.07 Å². The van der Waals surface area contributed by atoms with Crippen LogP contribution in [0.5, 0.6) is 0 Å². The maximum Gasteiger partial charge on any atom is 0.294 e. The molecule has 0 radical (unpaired) electrons. The zero-order chi connectivity index (χ0) is 18.4. The number of fused-ring (bicyclic) bond motifs is 1. The van der Waals surface area contributed by atoms with Crippen molar-refractivity contribution in [2.24, 2.45) is 0 Å². The number of benzene rings is 1. The van der Waals surface area contributed by atoms with Gasteiger partial charge in [-0.05, 0) is 37.5 Å². The Morgan fingerprint density at radius 2 is 2.04 bits per heavy atom. The molecule has 134 valence electrons. The van der Waals surface area contributed by atoms with Crippen molar-refractivity contribution in [1.29, 1.82) is 0 Å². The first-order valence-electron chi connectivity index (χ1n) is 7.95. The van der Waals surface area contributed by atoms with Crippen LogP contribution in [-0.4, -0.2) is 39.3 Å². The van der Waals surface area contributed by atoms with Crippen molar-refractivity contribution in [3.63, 3.8) is 0 Å². The standard InChI is InChI=1S/C17H21N3O4S/c1-11-16(25(22,23)19(2)3)10-15(24-11)17(21)20-9-5-6-12-13(18)7-4-8-14(12)20/h4,7-8,10H,5-6,9,18H2,1-3H3. The van der Waals surface area contributed by atoms with Gasteiger partial charge in [-0.2, -0.15) is 0 Å². The zero-order valence-corrected chi connectivity index (χ0v) is 15.3. The van der Waals surface area contributed by atoms with Crippen LogP contribution < -0.4 is 10.6 Å². The summed E-state index contributed by atoms with van der Waals surface area (Å²) in [5.41, 5.74) is 8.36. The third kappa shape index (κ3) is 2.91. The average Bonchev–Trinajstić information content (AvgIpc) is 2.96. The number of hydrogen-bond donors (Lipinski definition) is 1. The largest absolute Gasteiger partial charge is 0.455 e. The molecule has 0 unspecified atom stereocenters. The Balaban J connectivity index is 2.01. The van der Waals surface area contributed by atoms with Crippen molar-refractivity contribution in [2.45, 2.75) is 24.7 Å². The highest BCUT2D eigenvalue weighted by atomic mass is 32.2. The number of carbonyl (C=O) groups is 1. The van der Waals surface area contributed by atoms with Gasteiger partial charge in [-0.15, -0.1) is 0 Å². The Morgan fingerprint density at radius 1 is 1.32 bits per heavy atom. The molecule has 0 saturated carbocycles. The fourth-order valence-corrected chi connectivity index (χ4v) is 4.07. The second kappa shape index (κ2) is 6.20. The maximum absolute atomic E-state index is 12.9. The minimum Gasteiger partial charge on any atom is -0.455 e. The van der Waals surface area contributed by atoms with E-state index in [1.54, 1.807) is 11.0 Å². The van der Waals surface area contributed by atoms with Gasteiger partial charge in [0.1, 0.15) is 10.7 Å². The van der Waals surface area contributed by atoms with Crippen molar-refractivity contribution in [3.8, 4) is 0 Å². The van der Waals surface area contributed by atoms with Crippen LogP contribution >= 0.6 is 0 Å². The first kappa shape index (κ1) is 17.5. The van der Waals surface area contributed by atoms with Gasteiger partial charge in [0.2, 0.25) is 10.0 Å². The number of anilines is 2. The Labute approximate surface area is 147 Å². The van der Waals surface area contributed by atoms with Gasteiger partial charge in [0.15, 0.2) is 5.76 Å². The lowest BCUT2D eigenvalue weighted by molar-refractivity contribution is 0.0957. The molecule has 0 fully saturated rings. The summed E-state index contributed by atoms with van der Waals surface area (Å²) in [4.78, 5) is 14.5. The Kier molecular flexibility index (Phi) is 4.34. The molecule has 8 heteroatoms. The van der Waals surface area contributed by atoms with Crippen molar-refractivity contribution < 1.29 is 17.6 Å². The van der Waals surface area contributed by atoms with E-state index < -0.39 is 10.0 Å². The Hall–Kier alpha value is -2.32. The summed E-state index contributed by atoms with van der Waals surface area (Å²) in [6, 6.07) is 6.75. The van der Waals surface area contributed by atoms with E-state index in [4.69, 9.17) is 10.2 Å². The van der Waals surface area contributed by atoms with E-state index >= 15 is 0 Å². The van der Waals surface area contributed by atoms with E-state index in [-0.39, 0.29) is 22.3 Å². The van der Waals surface area contributed by atoms with Gasteiger partial charge in [0.25, 0.3) is 5.91 Å². The minimum atomic E-state index is -3.67. The van der Waals surface area contributed by atoms with Crippen molar-refractivity contribution in [3.05, 3.63) is 41.3 Å². The van der Waals surface area contributed by atoms with E-state index in [2.05, 4.69) is 0 Å². The number of aryl methyl sites for hydroxylation is 1. The monoisotopic (exact) mass is 363 g/mol. The van der Waals surface area contributed by atoms with Crippen molar-refractivity contribution >= 4 is 27.3 Å². The summed E-state index contributed by atoms with van der Waals surface area (Å²) in [5, 5.41) is 0. The number of nitrogens with zero attached hydrogens (tertiary/aromatic N) is 2. The number of hydrogen-bond acceptors (Lipinski definition) is 5. The maximum atomic E-state index is 12.9. The number of carbonyl (C=O) groups excluding carboxylic acids is 1. The lowest BCUT2D eigenvalue weighted by Crippen LogP contribution is -2.35. The molecule has 2 N–H and O–H groups in total.